The highest BCUT2D eigenvalue weighted by Crippen LogP contribution is 2.48. The van der Waals surface area contributed by atoms with E-state index in [0.717, 1.165) is 21.2 Å². The summed E-state index contributed by atoms with van der Waals surface area (Å²) in [7, 11) is 0. The molecule has 0 radical (unpaired) electrons. The zero-order valence-corrected chi connectivity index (χ0v) is 14.5. The molecule has 1 heterocycles. The zero-order chi connectivity index (χ0) is 15.6. The van der Waals surface area contributed by atoms with Crippen LogP contribution in [-0.4, -0.2) is 16.9 Å². The lowest BCUT2D eigenvalue weighted by molar-refractivity contribution is -0.115. The molecule has 0 saturated heterocycles. The third kappa shape index (κ3) is 3.02. The number of benzene rings is 2. The number of thioether (sulfide) groups is 1. The number of fused-ring (bicyclic) bond motifs is 2. The van der Waals surface area contributed by atoms with Crippen LogP contribution in [0.2, 0.25) is 0 Å². The van der Waals surface area contributed by atoms with Gasteiger partial charge in [-0.25, -0.2) is 0 Å². The Hall–Kier alpha value is -1.39. The number of carbonyl (C=O) groups excluding carboxylic acids is 1. The molecule has 0 N–H and O–H groups in total. The topological polar surface area (TPSA) is 20.3 Å². The predicted octanol–water partition coefficient (Wildman–Crippen LogP) is 5.49. The van der Waals surface area contributed by atoms with Gasteiger partial charge in [0.2, 0.25) is 5.91 Å². The molecule has 2 nitrogen and oxygen atoms in total. The predicted molar refractivity (Wildman–Crippen MR) is 98.9 cm³/mol. The van der Waals surface area contributed by atoms with Gasteiger partial charge in [-0.1, -0.05) is 48.9 Å². The van der Waals surface area contributed by atoms with E-state index in [1.165, 1.54) is 25.7 Å². The molecule has 1 saturated carbocycles. The second kappa shape index (κ2) is 6.62. The number of anilines is 2. The van der Waals surface area contributed by atoms with E-state index in [4.69, 9.17) is 0 Å². The molecule has 2 aromatic rings. The summed E-state index contributed by atoms with van der Waals surface area (Å²) in [5.41, 5.74) is 2.04. The largest absolute Gasteiger partial charge is 0.278 e. The van der Waals surface area contributed by atoms with Gasteiger partial charge in [0.1, 0.15) is 0 Å². The van der Waals surface area contributed by atoms with Gasteiger partial charge in [-0.3, -0.25) is 9.69 Å². The standard InChI is InChI=1S/C19H19NOS2/c21-19(13-22-14-7-1-2-8-14)20-15-9-3-5-11-17(15)23-18-12-6-4-10-16(18)20/h3-6,9-12,14H,1-2,7-8,13H2. The fourth-order valence-electron chi connectivity index (χ4n) is 3.28. The molecule has 1 aliphatic heterocycles. The van der Waals surface area contributed by atoms with Crippen LogP contribution in [0.25, 0.3) is 0 Å². The van der Waals surface area contributed by atoms with Crippen molar-refractivity contribution >= 4 is 40.8 Å². The van der Waals surface area contributed by atoms with Crippen LogP contribution in [0.3, 0.4) is 0 Å². The van der Waals surface area contributed by atoms with Gasteiger partial charge < -0.3 is 0 Å². The minimum Gasteiger partial charge on any atom is -0.278 e. The summed E-state index contributed by atoms with van der Waals surface area (Å²) in [6, 6.07) is 16.4. The lowest BCUT2D eigenvalue weighted by Gasteiger charge is -2.31. The smallest absolute Gasteiger partial charge is 0.241 e. The van der Waals surface area contributed by atoms with Gasteiger partial charge in [0.15, 0.2) is 0 Å². The molecule has 4 rings (SSSR count). The second-order valence-corrected chi connectivity index (χ2v) is 8.36. The van der Waals surface area contributed by atoms with Crippen molar-refractivity contribution in [1.82, 2.24) is 0 Å². The SMILES string of the molecule is O=C(CSC1CCCC1)N1c2ccccc2Sc2ccccc21. The molecular weight excluding hydrogens is 322 g/mol. The maximum absolute atomic E-state index is 13.0. The second-order valence-electron chi connectivity index (χ2n) is 5.98. The summed E-state index contributed by atoms with van der Waals surface area (Å²) in [6.07, 6.45) is 5.16. The highest BCUT2D eigenvalue weighted by molar-refractivity contribution is 8.00. The van der Waals surface area contributed by atoms with Gasteiger partial charge in [-0.05, 0) is 37.1 Å². The Morgan fingerprint density at radius 3 is 2.17 bits per heavy atom. The van der Waals surface area contributed by atoms with Crippen molar-refractivity contribution in [2.45, 2.75) is 40.7 Å². The molecule has 118 valence electrons. The van der Waals surface area contributed by atoms with Crippen LogP contribution in [0.5, 0.6) is 0 Å². The number of hydrogen-bond donors (Lipinski definition) is 0. The summed E-state index contributed by atoms with van der Waals surface area (Å²) in [5, 5.41) is 0.670. The van der Waals surface area contributed by atoms with E-state index in [2.05, 4.69) is 24.3 Å². The Morgan fingerprint density at radius 1 is 1.00 bits per heavy atom. The van der Waals surface area contributed by atoms with Crippen LogP contribution in [-0.2, 0) is 4.79 Å². The van der Waals surface area contributed by atoms with Crippen molar-refractivity contribution in [3.63, 3.8) is 0 Å². The molecule has 0 spiro atoms. The Kier molecular flexibility index (Phi) is 4.36. The number of hydrogen-bond acceptors (Lipinski definition) is 3. The maximum atomic E-state index is 13.0. The van der Waals surface area contributed by atoms with Crippen molar-refractivity contribution in [2.24, 2.45) is 0 Å². The summed E-state index contributed by atoms with van der Waals surface area (Å²) >= 11 is 3.58. The molecule has 0 bridgehead atoms. The first-order chi connectivity index (χ1) is 11.3. The van der Waals surface area contributed by atoms with Crippen molar-refractivity contribution in [3.8, 4) is 0 Å². The molecule has 23 heavy (non-hydrogen) atoms. The first-order valence-electron chi connectivity index (χ1n) is 8.13. The number of carbonyl (C=O) groups is 1. The van der Waals surface area contributed by atoms with Gasteiger partial charge >= 0.3 is 0 Å². The van der Waals surface area contributed by atoms with E-state index in [9.17, 15) is 4.79 Å². The van der Waals surface area contributed by atoms with E-state index >= 15 is 0 Å². The molecule has 0 aromatic heterocycles. The van der Waals surface area contributed by atoms with Crippen LogP contribution in [0, 0.1) is 0 Å². The van der Waals surface area contributed by atoms with Gasteiger partial charge in [0.05, 0.1) is 17.1 Å². The lowest BCUT2D eigenvalue weighted by Crippen LogP contribution is -2.30. The van der Waals surface area contributed by atoms with Crippen molar-refractivity contribution in [1.29, 1.82) is 0 Å². The van der Waals surface area contributed by atoms with E-state index < -0.39 is 0 Å². The fraction of sp³-hybridized carbons (Fsp3) is 0.316. The van der Waals surface area contributed by atoms with Crippen molar-refractivity contribution in [2.75, 3.05) is 10.7 Å². The van der Waals surface area contributed by atoms with E-state index in [1.54, 1.807) is 11.8 Å². The summed E-state index contributed by atoms with van der Waals surface area (Å²) in [6.45, 7) is 0. The van der Waals surface area contributed by atoms with E-state index in [1.807, 2.05) is 40.9 Å². The molecule has 2 aliphatic rings. The monoisotopic (exact) mass is 341 g/mol. The molecule has 0 atom stereocenters. The molecule has 2 aromatic carbocycles. The number of nitrogens with zero attached hydrogens (tertiary/aromatic N) is 1. The zero-order valence-electron chi connectivity index (χ0n) is 12.9. The quantitative estimate of drug-likeness (QED) is 0.736. The number of rotatable bonds is 3. The van der Waals surface area contributed by atoms with Crippen molar-refractivity contribution in [3.05, 3.63) is 48.5 Å². The first-order valence-corrected chi connectivity index (χ1v) is 10.00. The Morgan fingerprint density at radius 2 is 1.57 bits per heavy atom. The minimum absolute atomic E-state index is 0.196. The Bertz CT molecular complexity index is 679. The first kappa shape index (κ1) is 15.2. The maximum Gasteiger partial charge on any atom is 0.241 e. The molecule has 4 heteroatoms. The van der Waals surface area contributed by atoms with Gasteiger partial charge in [0, 0.05) is 15.0 Å². The van der Waals surface area contributed by atoms with E-state index in [-0.39, 0.29) is 5.91 Å². The molecule has 0 unspecified atom stereocenters. The highest BCUT2D eigenvalue weighted by atomic mass is 32.2. The highest BCUT2D eigenvalue weighted by Gasteiger charge is 2.28. The number of amides is 1. The summed E-state index contributed by atoms with van der Waals surface area (Å²) in [4.78, 5) is 17.2. The molecular formula is C19H19NOS2. The van der Waals surface area contributed by atoms with Gasteiger partial charge in [0.25, 0.3) is 0 Å². The van der Waals surface area contributed by atoms with Crippen LogP contribution in [0.4, 0.5) is 11.4 Å². The molecule has 1 amide bonds. The van der Waals surface area contributed by atoms with Crippen LogP contribution < -0.4 is 4.90 Å². The third-order valence-corrected chi connectivity index (χ3v) is 6.91. The number of para-hydroxylation sites is 2. The average molecular weight is 342 g/mol. The van der Waals surface area contributed by atoms with Gasteiger partial charge in [-0.2, -0.15) is 0 Å². The fourth-order valence-corrected chi connectivity index (χ4v) is 5.51. The normalized spacial score (nSPS) is 17.0. The Balaban J connectivity index is 1.62. The van der Waals surface area contributed by atoms with Gasteiger partial charge in [-0.15, -0.1) is 11.8 Å². The molecule has 1 aliphatic carbocycles. The minimum atomic E-state index is 0.196. The third-order valence-electron chi connectivity index (χ3n) is 4.43. The Labute approximate surface area is 145 Å². The van der Waals surface area contributed by atoms with Crippen LogP contribution in [0.1, 0.15) is 25.7 Å². The lowest BCUT2D eigenvalue weighted by atomic mass is 10.2. The van der Waals surface area contributed by atoms with Crippen molar-refractivity contribution < 1.29 is 4.79 Å². The average Bonchev–Trinajstić information content (AvgIpc) is 3.11. The van der Waals surface area contributed by atoms with E-state index in [0.29, 0.717) is 11.0 Å². The van der Waals surface area contributed by atoms with Crippen LogP contribution >= 0.6 is 23.5 Å². The van der Waals surface area contributed by atoms with Crippen LogP contribution in [0.15, 0.2) is 58.3 Å². The summed E-state index contributed by atoms with van der Waals surface area (Å²) in [5.74, 6) is 0.764. The molecule has 1 fully saturated rings. The summed E-state index contributed by atoms with van der Waals surface area (Å²) < 4.78 is 0.